The normalized spacial score (nSPS) is 16.7. The molecule has 0 fully saturated rings. The summed E-state index contributed by atoms with van der Waals surface area (Å²) in [6.07, 6.45) is 9.09. The maximum absolute atomic E-state index is 10.6. The van der Waals surface area contributed by atoms with Gasteiger partial charge < -0.3 is 4.79 Å². The van der Waals surface area contributed by atoms with Crippen molar-refractivity contribution in [1.29, 1.82) is 0 Å². The third kappa shape index (κ3) is 1.85. The molecule has 1 nitrogen and oxygen atoms in total. The molecule has 0 aliphatic heterocycles. The van der Waals surface area contributed by atoms with E-state index in [1.165, 1.54) is 10.5 Å². The number of carbonyl (C=O) groups excluding carboxylic acids is 1. The van der Waals surface area contributed by atoms with Gasteiger partial charge in [-0.2, -0.15) is 0 Å². The molecule has 0 spiro atoms. The van der Waals surface area contributed by atoms with Crippen molar-refractivity contribution in [2.24, 2.45) is 0 Å². The van der Waals surface area contributed by atoms with Gasteiger partial charge in [0.1, 0.15) is 6.29 Å². The zero-order chi connectivity index (χ0) is 9.80. The standard InChI is InChI=1S/C12H12OS/c13-8-7-11(10-4-1-2-5-10)12-6-3-9-14-12/h1,3-6,8-9,11H,2,7H2/t11-/m1/s1. The predicted octanol–water partition coefficient (Wildman–Crippen LogP) is 3.31. The van der Waals surface area contributed by atoms with Gasteiger partial charge in [-0.15, -0.1) is 11.3 Å². The van der Waals surface area contributed by atoms with Crippen LogP contribution in [-0.2, 0) is 4.79 Å². The van der Waals surface area contributed by atoms with Gasteiger partial charge in [0.25, 0.3) is 0 Å². The van der Waals surface area contributed by atoms with E-state index in [9.17, 15) is 4.79 Å². The summed E-state index contributed by atoms with van der Waals surface area (Å²) in [5.41, 5.74) is 1.29. The zero-order valence-electron chi connectivity index (χ0n) is 7.85. The number of aldehydes is 1. The molecule has 0 N–H and O–H groups in total. The molecule has 2 rings (SSSR count). The average molecular weight is 204 g/mol. The summed E-state index contributed by atoms with van der Waals surface area (Å²) >= 11 is 1.72. The second kappa shape index (κ2) is 4.38. The Morgan fingerprint density at radius 1 is 1.57 bits per heavy atom. The summed E-state index contributed by atoms with van der Waals surface area (Å²) in [5, 5.41) is 2.06. The summed E-state index contributed by atoms with van der Waals surface area (Å²) in [6, 6.07) is 4.14. The Balaban J connectivity index is 2.23. The van der Waals surface area contributed by atoms with E-state index in [0.717, 1.165) is 12.7 Å². The van der Waals surface area contributed by atoms with Crippen LogP contribution in [-0.4, -0.2) is 6.29 Å². The van der Waals surface area contributed by atoms with Gasteiger partial charge in [-0.3, -0.25) is 0 Å². The molecule has 2 heteroatoms. The van der Waals surface area contributed by atoms with E-state index in [2.05, 4.69) is 29.7 Å². The Kier molecular flexibility index (Phi) is 2.94. The number of hydrogen-bond acceptors (Lipinski definition) is 2. The maximum atomic E-state index is 10.6. The Bertz CT molecular complexity index is 360. The summed E-state index contributed by atoms with van der Waals surface area (Å²) in [6.45, 7) is 0. The van der Waals surface area contributed by atoms with Crippen molar-refractivity contribution in [2.45, 2.75) is 18.8 Å². The molecule has 0 aromatic carbocycles. The fourth-order valence-corrected chi connectivity index (χ4v) is 2.60. The van der Waals surface area contributed by atoms with Crippen molar-refractivity contribution >= 4 is 17.6 Å². The molecular formula is C12H12OS. The highest BCUT2D eigenvalue weighted by Gasteiger charge is 2.16. The molecule has 1 heterocycles. The second-order valence-electron chi connectivity index (χ2n) is 3.31. The Labute approximate surface area is 87.8 Å². The topological polar surface area (TPSA) is 17.1 Å². The van der Waals surface area contributed by atoms with Crippen molar-refractivity contribution in [3.63, 3.8) is 0 Å². The van der Waals surface area contributed by atoms with Crippen LogP contribution >= 0.6 is 11.3 Å². The van der Waals surface area contributed by atoms with Crippen LogP contribution in [0, 0.1) is 0 Å². The van der Waals surface area contributed by atoms with Gasteiger partial charge >= 0.3 is 0 Å². The second-order valence-corrected chi connectivity index (χ2v) is 4.29. The van der Waals surface area contributed by atoms with E-state index in [4.69, 9.17) is 0 Å². The quantitative estimate of drug-likeness (QED) is 0.688. The first kappa shape index (κ1) is 9.41. The van der Waals surface area contributed by atoms with Gasteiger partial charge in [0, 0.05) is 17.2 Å². The van der Waals surface area contributed by atoms with Crippen molar-refractivity contribution in [3.05, 3.63) is 46.2 Å². The average Bonchev–Trinajstić information content (AvgIpc) is 2.87. The Morgan fingerprint density at radius 2 is 2.50 bits per heavy atom. The molecule has 0 radical (unpaired) electrons. The molecule has 1 aromatic heterocycles. The first-order chi connectivity index (χ1) is 6.92. The van der Waals surface area contributed by atoms with Crippen LogP contribution in [0.15, 0.2) is 41.3 Å². The van der Waals surface area contributed by atoms with Crippen LogP contribution in [0.25, 0.3) is 0 Å². The Hall–Kier alpha value is -1.15. The molecule has 1 atom stereocenters. The molecule has 72 valence electrons. The summed E-state index contributed by atoms with van der Waals surface area (Å²) in [4.78, 5) is 11.9. The Morgan fingerprint density at radius 3 is 3.07 bits per heavy atom. The molecule has 14 heavy (non-hydrogen) atoms. The van der Waals surface area contributed by atoms with Gasteiger partial charge in [0.05, 0.1) is 0 Å². The lowest BCUT2D eigenvalue weighted by Gasteiger charge is -2.11. The van der Waals surface area contributed by atoms with Crippen LogP contribution < -0.4 is 0 Å². The molecule has 0 unspecified atom stereocenters. The van der Waals surface area contributed by atoms with Gasteiger partial charge in [-0.1, -0.05) is 24.3 Å². The molecule has 0 amide bonds. The van der Waals surface area contributed by atoms with Crippen LogP contribution in [0.5, 0.6) is 0 Å². The fourth-order valence-electron chi connectivity index (χ4n) is 1.74. The van der Waals surface area contributed by atoms with E-state index in [1.807, 2.05) is 6.07 Å². The van der Waals surface area contributed by atoms with Crippen LogP contribution in [0.3, 0.4) is 0 Å². The summed E-state index contributed by atoms with van der Waals surface area (Å²) in [5.74, 6) is 0.284. The zero-order valence-corrected chi connectivity index (χ0v) is 8.67. The molecule has 1 aliphatic carbocycles. The highest BCUT2D eigenvalue weighted by atomic mass is 32.1. The third-order valence-electron chi connectivity index (χ3n) is 2.42. The van der Waals surface area contributed by atoms with Crippen LogP contribution in [0.1, 0.15) is 23.6 Å². The maximum Gasteiger partial charge on any atom is 0.120 e. The van der Waals surface area contributed by atoms with Crippen LogP contribution in [0.4, 0.5) is 0 Å². The van der Waals surface area contributed by atoms with Crippen molar-refractivity contribution in [1.82, 2.24) is 0 Å². The lowest BCUT2D eigenvalue weighted by molar-refractivity contribution is -0.108. The smallest absolute Gasteiger partial charge is 0.120 e. The van der Waals surface area contributed by atoms with E-state index >= 15 is 0 Å². The minimum absolute atomic E-state index is 0.284. The van der Waals surface area contributed by atoms with Crippen molar-refractivity contribution in [3.8, 4) is 0 Å². The summed E-state index contributed by atoms with van der Waals surface area (Å²) < 4.78 is 0. The highest BCUT2D eigenvalue weighted by molar-refractivity contribution is 7.10. The lowest BCUT2D eigenvalue weighted by Crippen LogP contribution is -1.98. The number of thiophene rings is 1. The molecule has 0 saturated carbocycles. The van der Waals surface area contributed by atoms with Gasteiger partial charge in [0.15, 0.2) is 0 Å². The van der Waals surface area contributed by atoms with E-state index in [0.29, 0.717) is 6.42 Å². The molecule has 0 bridgehead atoms. The lowest BCUT2D eigenvalue weighted by atomic mass is 9.95. The van der Waals surface area contributed by atoms with E-state index in [-0.39, 0.29) is 5.92 Å². The molecule has 1 aliphatic rings. The molecular weight excluding hydrogens is 192 g/mol. The SMILES string of the molecule is O=CC[C@H](C1=CCC=C1)c1cccs1. The van der Waals surface area contributed by atoms with Gasteiger partial charge in [0.2, 0.25) is 0 Å². The molecule has 0 saturated heterocycles. The monoisotopic (exact) mass is 204 g/mol. The first-order valence-corrected chi connectivity index (χ1v) is 5.63. The third-order valence-corrected chi connectivity index (χ3v) is 3.41. The van der Waals surface area contributed by atoms with Gasteiger partial charge in [-0.25, -0.2) is 0 Å². The van der Waals surface area contributed by atoms with E-state index < -0.39 is 0 Å². The van der Waals surface area contributed by atoms with E-state index in [1.54, 1.807) is 11.3 Å². The van der Waals surface area contributed by atoms with Crippen molar-refractivity contribution in [2.75, 3.05) is 0 Å². The number of carbonyl (C=O) groups is 1. The first-order valence-electron chi connectivity index (χ1n) is 4.75. The number of allylic oxidation sites excluding steroid dienone is 4. The predicted molar refractivity (Wildman–Crippen MR) is 59.6 cm³/mol. The van der Waals surface area contributed by atoms with Gasteiger partial charge in [-0.05, 0) is 23.4 Å². The summed E-state index contributed by atoms with van der Waals surface area (Å²) in [7, 11) is 0. The van der Waals surface area contributed by atoms with Crippen LogP contribution in [0.2, 0.25) is 0 Å². The minimum atomic E-state index is 0.284. The fraction of sp³-hybridized carbons (Fsp3) is 0.250. The minimum Gasteiger partial charge on any atom is -0.303 e. The van der Waals surface area contributed by atoms with Crippen molar-refractivity contribution < 1.29 is 4.79 Å². The number of rotatable bonds is 4. The largest absolute Gasteiger partial charge is 0.303 e. The highest BCUT2D eigenvalue weighted by Crippen LogP contribution is 2.33. The number of hydrogen-bond donors (Lipinski definition) is 0. The molecule has 1 aromatic rings.